The molecule has 0 bridgehead atoms. The second-order valence-corrected chi connectivity index (χ2v) is 6.35. The fourth-order valence-corrected chi connectivity index (χ4v) is 2.44. The largest absolute Gasteiger partial charge is 0.496 e. The number of azo groups is 1. The lowest BCUT2D eigenvalue weighted by Gasteiger charge is -2.11. The van der Waals surface area contributed by atoms with E-state index in [1.165, 1.54) is 0 Å². The van der Waals surface area contributed by atoms with Crippen molar-refractivity contribution in [2.24, 2.45) is 10.2 Å². The van der Waals surface area contributed by atoms with Crippen molar-refractivity contribution in [3.63, 3.8) is 0 Å². The van der Waals surface area contributed by atoms with E-state index in [2.05, 4.69) is 24.1 Å². The van der Waals surface area contributed by atoms with Gasteiger partial charge in [-0.2, -0.15) is 10.2 Å². The maximum absolute atomic E-state index is 11.6. The molecule has 0 N–H and O–H groups in total. The Balaban J connectivity index is 2.04. The summed E-state index contributed by atoms with van der Waals surface area (Å²) in [6.07, 6.45) is 2.25. The fourth-order valence-electron chi connectivity index (χ4n) is 2.44. The van der Waals surface area contributed by atoms with Gasteiger partial charge in [0.15, 0.2) is 0 Å². The lowest BCUT2D eigenvalue weighted by Crippen LogP contribution is -2.06. The lowest BCUT2D eigenvalue weighted by atomic mass is 10.0. The Morgan fingerprint density at radius 3 is 2.31 bits per heavy atom. The zero-order valence-corrected chi connectivity index (χ0v) is 15.9. The average Bonchev–Trinajstić information content (AvgIpc) is 2.65. The third kappa shape index (κ3) is 5.69. The summed E-state index contributed by atoms with van der Waals surface area (Å²) in [5.41, 5.74) is 2.56. The van der Waals surface area contributed by atoms with Crippen molar-refractivity contribution < 1.29 is 14.3 Å². The molecule has 0 aromatic heterocycles. The molecule has 0 spiro atoms. The Hall–Kier alpha value is -2.69. The maximum Gasteiger partial charge on any atom is 0.311 e. The van der Waals surface area contributed by atoms with Crippen LogP contribution in [0.4, 0.5) is 11.4 Å². The third-order valence-electron chi connectivity index (χ3n) is 3.92. The van der Waals surface area contributed by atoms with E-state index in [0.717, 1.165) is 29.8 Å². The highest BCUT2D eigenvalue weighted by Crippen LogP contribution is 2.31. The quantitative estimate of drug-likeness (QED) is 0.316. The van der Waals surface area contributed by atoms with Crippen molar-refractivity contribution >= 4 is 17.3 Å². The minimum absolute atomic E-state index is 0.208. The first-order valence-corrected chi connectivity index (χ1v) is 8.94. The van der Waals surface area contributed by atoms with Gasteiger partial charge in [-0.15, -0.1) is 0 Å². The van der Waals surface area contributed by atoms with Gasteiger partial charge in [-0.3, -0.25) is 4.79 Å². The minimum Gasteiger partial charge on any atom is -0.496 e. The predicted molar refractivity (Wildman–Crippen MR) is 103 cm³/mol. The first-order chi connectivity index (χ1) is 12.5. The molecule has 2 aromatic rings. The highest BCUT2D eigenvalue weighted by Gasteiger charge is 2.08. The number of carbonyl (C=O) groups is 1. The van der Waals surface area contributed by atoms with Crippen LogP contribution in [0, 0.1) is 0 Å². The van der Waals surface area contributed by atoms with Crippen LogP contribution < -0.4 is 9.47 Å². The van der Waals surface area contributed by atoms with E-state index < -0.39 is 0 Å². The van der Waals surface area contributed by atoms with Crippen molar-refractivity contribution in [1.82, 2.24) is 0 Å². The SMILES string of the molecule is CCCCC(=O)Oc1ccc(N=Nc2ccc(OC)c(C(C)C)c2)cc1. The monoisotopic (exact) mass is 354 g/mol. The van der Waals surface area contributed by atoms with Gasteiger partial charge >= 0.3 is 5.97 Å². The first kappa shape index (κ1) is 19.6. The highest BCUT2D eigenvalue weighted by atomic mass is 16.5. The van der Waals surface area contributed by atoms with Gasteiger partial charge in [0.2, 0.25) is 0 Å². The molecule has 0 saturated carbocycles. The minimum atomic E-state index is -0.208. The number of ether oxygens (including phenoxy) is 2. The third-order valence-corrected chi connectivity index (χ3v) is 3.92. The second kappa shape index (κ2) is 9.70. The van der Waals surface area contributed by atoms with Crippen LogP contribution in [0.5, 0.6) is 11.5 Å². The van der Waals surface area contributed by atoms with Gasteiger partial charge in [0.05, 0.1) is 18.5 Å². The molecule has 5 heteroatoms. The molecule has 138 valence electrons. The van der Waals surface area contributed by atoms with Gasteiger partial charge in [-0.1, -0.05) is 27.2 Å². The molecule has 0 fully saturated rings. The molecule has 0 amide bonds. The number of rotatable bonds is 8. The fraction of sp³-hybridized carbons (Fsp3) is 0.381. The number of esters is 1. The molecule has 0 radical (unpaired) electrons. The first-order valence-electron chi connectivity index (χ1n) is 8.94. The van der Waals surface area contributed by atoms with Crippen molar-refractivity contribution in [3.05, 3.63) is 48.0 Å². The second-order valence-electron chi connectivity index (χ2n) is 6.35. The van der Waals surface area contributed by atoms with Gasteiger partial charge in [-0.25, -0.2) is 0 Å². The van der Waals surface area contributed by atoms with Crippen molar-refractivity contribution in [2.75, 3.05) is 7.11 Å². The zero-order chi connectivity index (χ0) is 18.9. The van der Waals surface area contributed by atoms with Crippen molar-refractivity contribution in [1.29, 1.82) is 0 Å². The van der Waals surface area contributed by atoms with E-state index in [9.17, 15) is 4.79 Å². The van der Waals surface area contributed by atoms with Crippen molar-refractivity contribution in [2.45, 2.75) is 46.0 Å². The molecule has 5 nitrogen and oxygen atoms in total. The van der Waals surface area contributed by atoms with Crippen LogP contribution in [0.15, 0.2) is 52.7 Å². The van der Waals surface area contributed by atoms with Crippen LogP contribution in [0.25, 0.3) is 0 Å². The number of hydrogen-bond acceptors (Lipinski definition) is 5. The smallest absolute Gasteiger partial charge is 0.311 e. The number of unbranched alkanes of at least 4 members (excludes halogenated alkanes) is 1. The zero-order valence-electron chi connectivity index (χ0n) is 15.9. The molecule has 0 saturated heterocycles. The Morgan fingerprint density at radius 1 is 1.04 bits per heavy atom. The van der Waals surface area contributed by atoms with Gasteiger partial charge in [0.25, 0.3) is 0 Å². The van der Waals surface area contributed by atoms with E-state index in [1.54, 1.807) is 31.4 Å². The molecular formula is C21H26N2O3. The summed E-state index contributed by atoms with van der Waals surface area (Å²) in [5, 5.41) is 8.53. The summed E-state index contributed by atoms with van der Waals surface area (Å²) in [4.78, 5) is 11.6. The maximum atomic E-state index is 11.6. The molecular weight excluding hydrogens is 328 g/mol. The topological polar surface area (TPSA) is 60.2 Å². The standard InChI is InChI=1S/C21H26N2O3/c1-5-6-7-21(24)26-18-11-8-16(9-12-18)22-23-17-10-13-20(25-4)19(14-17)15(2)3/h8-15H,5-7H2,1-4H3. The van der Waals surface area contributed by atoms with E-state index in [0.29, 0.717) is 23.8 Å². The molecule has 0 aliphatic rings. The summed E-state index contributed by atoms with van der Waals surface area (Å²) < 4.78 is 10.7. The van der Waals surface area contributed by atoms with Crippen LogP contribution in [0.3, 0.4) is 0 Å². The van der Waals surface area contributed by atoms with Crippen molar-refractivity contribution in [3.8, 4) is 11.5 Å². The van der Waals surface area contributed by atoms with E-state index in [1.807, 2.05) is 25.1 Å². The van der Waals surface area contributed by atoms with Gasteiger partial charge < -0.3 is 9.47 Å². The van der Waals surface area contributed by atoms with Crippen LogP contribution in [0.2, 0.25) is 0 Å². The highest BCUT2D eigenvalue weighted by molar-refractivity contribution is 5.72. The van der Waals surface area contributed by atoms with Crippen LogP contribution in [-0.4, -0.2) is 13.1 Å². The Kier molecular flexibility index (Phi) is 7.33. The van der Waals surface area contributed by atoms with E-state index >= 15 is 0 Å². The van der Waals surface area contributed by atoms with Gasteiger partial charge in [-0.05, 0) is 60.4 Å². The predicted octanol–water partition coefficient (Wildman–Crippen LogP) is 6.33. The Bertz CT molecular complexity index is 752. The summed E-state index contributed by atoms with van der Waals surface area (Å²) >= 11 is 0. The van der Waals surface area contributed by atoms with E-state index in [-0.39, 0.29) is 5.97 Å². The molecule has 0 atom stereocenters. The van der Waals surface area contributed by atoms with Crippen LogP contribution >= 0.6 is 0 Å². The summed E-state index contributed by atoms with van der Waals surface area (Å²) in [5.74, 6) is 1.51. The van der Waals surface area contributed by atoms with Crippen LogP contribution in [-0.2, 0) is 4.79 Å². The normalized spacial score (nSPS) is 11.1. The Morgan fingerprint density at radius 2 is 1.69 bits per heavy atom. The number of methoxy groups -OCH3 is 1. The number of benzene rings is 2. The molecule has 0 aliphatic heterocycles. The lowest BCUT2D eigenvalue weighted by molar-refractivity contribution is -0.134. The summed E-state index contributed by atoms with van der Waals surface area (Å²) in [7, 11) is 1.67. The Labute approximate surface area is 155 Å². The molecule has 2 aromatic carbocycles. The van der Waals surface area contributed by atoms with Crippen LogP contribution in [0.1, 0.15) is 51.5 Å². The molecule has 2 rings (SSSR count). The molecule has 0 heterocycles. The molecule has 0 unspecified atom stereocenters. The van der Waals surface area contributed by atoms with Gasteiger partial charge in [0.1, 0.15) is 11.5 Å². The number of hydrogen-bond donors (Lipinski definition) is 0. The number of nitrogens with zero attached hydrogens (tertiary/aromatic N) is 2. The van der Waals surface area contributed by atoms with Gasteiger partial charge in [0, 0.05) is 6.42 Å². The van der Waals surface area contributed by atoms with E-state index in [4.69, 9.17) is 9.47 Å². The molecule has 0 aliphatic carbocycles. The summed E-state index contributed by atoms with van der Waals surface area (Å²) in [6, 6.07) is 12.8. The molecule has 26 heavy (non-hydrogen) atoms. The number of carbonyl (C=O) groups excluding carboxylic acids is 1. The summed E-state index contributed by atoms with van der Waals surface area (Å²) in [6.45, 7) is 6.26. The average molecular weight is 354 g/mol.